The minimum absolute atomic E-state index is 0.545. The average molecular weight is 248 g/mol. The highest BCUT2D eigenvalue weighted by molar-refractivity contribution is 14.1. The first-order valence-corrected chi connectivity index (χ1v) is 4.66. The van der Waals surface area contributed by atoms with Gasteiger partial charge in [-0.1, -0.05) is 35.8 Å². The van der Waals surface area contributed by atoms with Crippen LogP contribution in [0.5, 0.6) is 0 Å². The maximum absolute atomic E-state index is 2.76. The van der Waals surface area contributed by atoms with Crippen LogP contribution >= 0.6 is 31.5 Å². The largest absolute Gasteiger partial charge is 0.271 e. The van der Waals surface area contributed by atoms with Gasteiger partial charge in [0, 0.05) is 0 Å². The molecule has 3 heteroatoms. The smallest absolute Gasteiger partial charge is 0.154 e. The van der Waals surface area contributed by atoms with Crippen LogP contribution in [0.1, 0.15) is 0 Å². The van der Waals surface area contributed by atoms with E-state index in [1.54, 1.807) is 0 Å². The van der Waals surface area contributed by atoms with Gasteiger partial charge in [0.25, 0.3) is 4.29 Å². The monoisotopic (exact) mass is 248 g/mol. The fraction of sp³-hybridized carbons (Fsp3) is 0. The normalized spacial score (nSPS) is 9.11. The van der Waals surface area contributed by atoms with Gasteiger partial charge in [0.15, 0.2) is 0 Å². The van der Waals surface area contributed by atoms with Crippen molar-refractivity contribution in [3.8, 4) is 0 Å². The average Bonchev–Trinajstić information content (AvgIpc) is 1.90. The summed E-state index contributed by atoms with van der Waals surface area (Å²) in [6.07, 6.45) is 0. The van der Waals surface area contributed by atoms with Gasteiger partial charge in [-0.15, -0.1) is 22.4 Å². The van der Waals surface area contributed by atoms with Gasteiger partial charge in [-0.25, -0.2) is 0 Å². The molecule has 1 rings (SSSR count). The first-order valence-electron chi connectivity index (χ1n) is 2.75. The molecule has 1 unspecified atom stereocenters. The lowest BCUT2D eigenvalue weighted by atomic mass is 9.95. The van der Waals surface area contributed by atoms with E-state index in [0.29, 0.717) is 4.29 Å². The van der Waals surface area contributed by atoms with Crippen molar-refractivity contribution < 1.29 is 0 Å². The summed E-state index contributed by atoms with van der Waals surface area (Å²) < 4.78 is 0.545. The van der Waals surface area contributed by atoms with E-state index in [0.717, 1.165) is 0 Å². The standard InChI is InChI=1S/C6H7BIP/c8-7(9)6-4-2-1-3-5-6/h1-5H,9H2. The molecule has 0 nitrogen and oxygen atoms in total. The molecule has 9 heavy (non-hydrogen) atoms. The van der Waals surface area contributed by atoms with Crippen LogP contribution in [0.4, 0.5) is 0 Å². The molecule has 0 aliphatic carbocycles. The highest BCUT2D eigenvalue weighted by Gasteiger charge is 2.01. The summed E-state index contributed by atoms with van der Waals surface area (Å²) in [5.74, 6) is 0. The van der Waals surface area contributed by atoms with E-state index in [2.05, 4.69) is 55.8 Å². The van der Waals surface area contributed by atoms with E-state index in [1.165, 1.54) is 5.46 Å². The van der Waals surface area contributed by atoms with E-state index in [4.69, 9.17) is 0 Å². The summed E-state index contributed by atoms with van der Waals surface area (Å²) in [7, 11) is 2.76. The molecule has 1 atom stereocenters. The molecule has 0 aliphatic heterocycles. The van der Waals surface area contributed by atoms with Crippen LogP contribution in [-0.4, -0.2) is 4.29 Å². The topological polar surface area (TPSA) is 0 Å². The molecule has 1 aromatic carbocycles. The molecule has 0 radical (unpaired) electrons. The summed E-state index contributed by atoms with van der Waals surface area (Å²) in [5.41, 5.74) is 1.36. The van der Waals surface area contributed by atoms with Crippen molar-refractivity contribution in [3.63, 3.8) is 0 Å². The molecule has 0 aliphatic rings. The Hall–Kier alpha value is 0.445. The Labute approximate surface area is 71.5 Å². The fourth-order valence-electron chi connectivity index (χ4n) is 0.637. The Balaban J connectivity index is 2.85. The predicted molar refractivity (Wildman–Crippen MR) is 55.6 cm³/mol. The maximum Gasteiger partial charge on any atom is 0.271 e. The highest BCUT2D eigenvalue weighted by Crippen LogP contribution is 2.02. The quantitative estimate of drug-likeness (QED) is 0.403. The molecular formula is C6H7BIP. The van der Waals surface area contributed by atoms with E-state index < -0.39 is 0 Å². The lowest BCUT2D eigenvalue weighted by molar-refractivity contribution is 1.77. The van der Waals surface area contributed by atoms with E-state index in [9.17, 15) is 0 Å². The molecule has 0 saturated carbocycles. The molecule has 1 aromatic rings. The van der Waals surface area contributed by atoms with Gasteiger partial charge in [0.1, 0.15) is 0 Å². The maximum atomic E-state index is 2.76. The van der Waals surface area contributed by atoms with Crippen molar-refractivity contribution in [1.29, 1.82) is 0 Å². The summed E-state index contributed by atoms with van der Waals surface area (Å²) in [5, 5.41) is 0. The van der Waals surface area contributed by atoms with Gasteiger partial charge in [-0.3, -0.25) is 0 Å². The molecule has 0 fully saturated rings. The third-order valence-electron chi connectivity index (χ3n) is 1.12. The van der Waals surface area contributed by atoms with Crippen molar-refractivity contribution in [3.05, 3.63) is 30.3 Å². The Morgan fingerprint density at radius 2 is 1.78 bits per heavy atom. The van der Waals surface area contributed by atoms with E-state index in [1.807, 2.05) is 6.07 Å². The first kappa shape index (κ1) is 7.55. The van der Waals surface area contributed by atoms with Crippen LogP contribution in [0.15, 0.2) is 30.3 Å². The molecule has 0 saturated heterocycles. The third-order valence-corrected chi connectivity index (χ3v) is 2.22. The number of halogens is 1. The summed E-state index contributed by atoms with van der Waals surface area (Å²) in [4.78, 5) is 0. The minimum atomic E-state index is 0.545. The van der Waals surface area contributed by atoms with Crippen LogP contribution in [0, 0.1) is 0 Å². The zero-order valence-electron chi connectivity index (χ0n) is 4.92. The molecule has 0 N–H and O–H groups in total. The lowest BCUT2D eigenvalue weighted by Crippen LogP contribution is -2.15. The van der Waals surface area contributed by atoms with Gasteiger partial charge in [0.05, 0.1) is 0 Å². The van der Waals surface area contributed by atoms with Gasteiger partial charge in [0.2, 0.25) is 0 Å². The molecule has 0 aromatic heterocycles. The van der Waals surface area contributed by atoms with Crippen molar-refractivity contribution in [1.82, 2.24) is 0 Å². The Bertz CT molecular complexity index is 176. The van der Waals surface area contributed by atoms with Crippen LogP contribution in [0.3, 0.4) is 0 Å². The SMILES string of the molecule is PB(I)c1ccccc1. The Morgan fingerprint density at radius 3 is 2.11 bits per heavy atom. The lowest BCUT2D eigenvalue weighted by Gasteiger charge is -1.96. The molecule has 0 spiro atoms. The fourth-order valence-corrected chi connectivity index (χ4v) is 1.27. The van der Waals surface area contributed by atoms with Crippen molar-refractivity contribution in [2.75, 3.05) is 0 Å². The minimum Gasteiger partial charge on any atom is -0.154 e. The van der Waals surface area contributed by atoms with Crippen molar-refractivity contribution in [2.45, 2.75) is 0 Å². The summed E-state index contributed by atoms with van der Waals surface area (Å²) in [6, 6.07) is 10.4. The molecule has 46 valence electrons. The van der Waals surface area contributed by atoms with Gasteiger partial charge >= 0.3 is 0 Å². The van der Waals surface area contributed by atoms with E-state index in [-0.39, 0.29) is 0 Å². The Morgan fingerprint density at radius 1 is 1.22 bits per heavy atom. The molecule has 0 bridgehead atoms. The number of hydrogen-bond donors (Lipinski definition) is 0. The molecule has 0 heterocycles. The predicted octanol–water partition coefficient (Wildman–Crippen LogP) is 1.69. The van der Waals surface area contributed by atoms with Gasteiger partial charge in [-0.2, -0.15) is 9.12 Å². The van der Waals surface area contributed by atoms with Gasteiger partial charge < -0.3 is 0 Å². The second-order valence-corrected chi connectivity index (χ2v) is 5.18. The van der Waals surface area contributed by atoms with Crippen LogP contribution < -0.4 is 5.46 Å². The zero-order valence-corrected chi connectivity index (χ0v) is 8.23. The second kappa shape index (κ2) is 3.57. The van der Waals surface area contributed by atoms with Crippen molar-refractivity contribution >= 4 is 41.2 Å². The first-order chi connectivity index (χ1) is 4.30. The van der Waals surface area contributed by atoms with Crippen molar-refractivity contribution in [2.24, 2.45) is 0 Å². The number of rotatable bonds is 1. The van der Waals surface area contributed by atoms with Crippen LogP contribution in [-0.2, 0) is 0 Å². The van der Waals surface area contributed by atoms with Gasteiger partial charge in [-0.05, 0) is 0 Å². The van der Waals surface area contributed by atoms with E-state index >= 15 is 0 Å². The Kier molecular flexibility index (Phi) is 3.00. The summed E-state index contributed by atoms with van der Waals surface area (Å²) in [6.45, 7) is 0. The number of benzene rings is 1. The number of hydrogen-bond acceptors (Lipinski definition) is 0. The third kappa shape index (κ3) is 2.26. The van der Waals surface area contributed by atoms with Crippen LogP contribution in [0.25, 0.3) is 0 Å². The molecular weight excluding hydrogens is 241 g/mol. The van der Waals surface area contributed by atoms with Crippen LogP contribution in [0.2, 0.25) is 0 Å². The highest BCUT2D eigenvalue weighted by atomic mass is 127. The molecule has 0 amide bonds. The zero-order chi connectivity index (χ0) is 6.69. The summed E-state index contributed by atoms with van der Waals surface area (Å²) >= 11 is 2.37. The second-order valence-electron chi connectivity index (χ2n) is 1.81.